The number of likely N-dealkylation sites (tertiary alicyclic amines) is 1. The van der Waals surface area contributed by atoms with Crippen LogP contribution in [0.1, 0.15) is 24.4 Å². The van der Waals surface area contributed by atoms with Crippen molar-refractivity contribution in [1.29, 1.82) is 0 Å². The van der Waals surface area contributed by atoms with Gasteiger partial charge in [-0.1, -0.05) is 28.1 Å². The molecule has 0 aromatic heterocycles. The second-order valence-corrected chi connectivity index (χ2v) is 5.50. The van der Waals surface area contributed by atoms with E-state index >= 15 is 0 Å². The van der Waals surface area contributed by atoms with Crippen molar-refractivity contribution in [3.8, 4) is 0 Å². The summed E-state index contributed by atoms with van der Waals surface area (Å²) in [6.07, 6.45) is 2.14. The van der Waals surface area contributed by atoms with E-state index in [4.69, 9.17) is 0 Å². The number of hydrogen-bond donors (Lipinski definition) is 0. The Hall–Kier alpha value is -1.03. The zero-order valence-corrected chi connectivity index (χ0v) is 11.8. The summed E-state index contributed by atoms with van der Waals surface area (Å²) < 4.78 is 1.07. The first-order chi connectivity index (χ1) is 8.09. The molecule has 0 spiro atoms. The van der Waals surface area contributed by atoms with Crippen molar-refractivity contribution in [3.05, 3.63) is 34.3 Å². The number of carbonyl (C=O) groups is 1. The smallest absolute Gasteiger partial charge is 0.319 e. The van der Waals surface area contributed by atoms with Gasteiger partial charge < -0.3 is 9.80 Å². The van der Waals surface area contributed by atoms with Gasteiger partial charge in [0.15, 0.2) is 0 Å². The molecule has 1 heterocycles. The highest BCUT2D eigenvalue weighted by Crippen LogP contribution is 2.32. The number of rotatable bonds is 1. The van der Waals surface area contributed by atoms with Crippen molar-refractivity contribution < 1.29 is 4.79 Å². The second-order valence-electron chi connectivity index (χ2n) is 4.58. The lowest BCUT2D eigenvalue weighted by Gasteiger charge is -2.28. The third-order valence-corrected chi connectivity index (χ3v) is 3.66. The normalized spacial score (nSPS) is 19.5. The molecular formula is C13H17BrN2O. The average molecular weight is 297 g/mol. The van der Waals surface area contributed by atoms with Crippen LogP contribution in [0.25, 0.3) is 0 Å². The lowest BCUT2D eigenvalue weighted by atomic mass is 10.1. The quantitative estimate of drug-likeness (QED) is 0.780. The summed E-state index contributed by atoms with van der Waals surface area (Å²) in [4.78, 5) is 15.6. The number of carbonyl (C=O) groups excluding carboxylic acids is 1. The molecule has 0 saturated carbocycles. The second kappa shape index (κ2) is 5.08. The van der Waals surface area contributed by atoms with E-state index in [9.17, 15) is 4.79 Å². The summed E-state index contributed by atoms with van der Waals surface area (Å²) in [7, 11) is 3.61. The Morgan fingerprint density at radius 1 is 1.35 bits per heavy atom. The van der Waals surface area contributed by atoms with Crippen LogP contribution in [0.2, 0.25) is 0 Å². The van der Waals surface area contributed by atoms with Crippen molar-refractivity contribution in [1.82, 2.24) is 9.80 Å². The van der Waals surface area contributed by atoms with E-state index in [2.05, 4.69) is 28.1 Å². The zero-order valence-electron chi connectivity index (χ0n) is 10.2. The third-order valence-electron chi connectivity index (χ3n) is 3.14. The first kappa shape index (κ1) is 12.4. The van der Waals surface area contributed by atoms with Crippen molar-refractivity contribution in [2.45, 2.75) is 18.9 Å². The van der Waals surface area contributed by atoms with Gasteiger partial charge in [0.1, 0.15) is 0 Å². The zero-order chi connectivity index (χ0) is 12.4. The highest BCUT2D eigenvalue weighted by atomic mass is 79.9. The molecule has 4 heteroatoms. The molecule has 2 rings (SSSR count). The fourth-order valence-corrected chi connectivity index (χ4v) is 2.55. The summed E-state index contributed by atoms with van der Waals surface area (Å²) in [5.74, 6) is 0. The highest BCUT2D eigenvalue weighted by molar-refractivity contribution is 9.10. The molecular weight excluding hydrogens is 280 g/mol. The van der Waals surface area contributed by atoms with E-state index in [1.54, 1.807) is 19.0 Å². The van der Waals surface area contributed by atoms with Crippen LogP contribution in [-0.4, -0.2) is 36.5 Å². The van der Waals surface area contributed by atoms with Gasteiger partial charge in [-0.2, -0.15) is 0 Å². The van der Waals surface area contributed by atoms with Gasteiger partial charge in [-0.15, -0.1) is 0 Å². The van der Waals surface area contributed by atoms with Crippen LogP contribution in [-0.2, 0) is 0 Å². The average Bonchev–Trinajstić information content (AvgIpc) is 2.77. The minimum Gasteiger partial charge on any atom is -0.331 e. The van der Waals surface area contributed by atoms with Gasteiger partial charge in [0.25, 0.3) is 0 Å². The van der Waals surface area contributed by atoms with Gasteiger partial charge in [0, 0.05) is 25.1 Å². The predicted octanol–water partition coefficient (Wildman–Crippen LogP) is 3.27. The van der Waals surface area contributed by atoms with Crippen molar-refractivity contribution in [2.75, 3.05) is 20.6 Å². The topological polar surface area (TPSA) is 23.6 Å². The van der Waals surface area contributed by atoms with E-state index in [0.29, 0.717) is 0 Å². The fraction of sp³-hybridized carbons (Fsp3) is 0.462. The monoisotopic (exact) mass is 296 g/mol. The van der Waals surface area contributed by atoms with E-state index in [0.717, 1.165) is 23.9 Å². The van der Waals surface area contributed by atoms with Crippen molar-refractivity contribution in [3.63, 3.8) is 0 Å². The Kier molecular flexibility index (Phi) is 3.72. The minimum absolute atomic E-state index is 0.107. The number of benzene rings is 1. The molecule has 1 aliphatic rings. The standard InChI is InChI=1S/C13H17BrN2O/c1-15(2)13(17)16-9-3-4-12(16)10-5-7-11(14)8-6-10/h5-8,12H,3-4,9H2,1-2H3. The van der Waals surface area contributed by atoms with E-state index < -0.39 is 0 Å². The summed E-state index contributed by atoms with van der Waals surface area (Å²) in [5, 5.41) is 0. The van der Waals surface area contributed by atoms with Crippen molar-refractivity contribution >= 4 is 22.0 Å². The van der Waals surface area contributed by atoms with Gasteiger partial charge in [-0.25, -0.2) is 4.79 Å². The van der Waals surface area contributed by atoms with Crippen LogP contribution in [0.5, 0.6) is 0 Å². The molecule has 92 valence electrons. The summed E-state index contributed by atoms with van der Waals surface area (Å²) >= 11 is 3.43. The maximum atomic E-state index is 12.0. The van der Waals surface area contributed by atoms with Crippen molar-refractivity contribution in [2.24, 2.45) is 0 Å². The number of nitrogens with zero attached hydrogens (tertiary/aromatic N) is 2. The molecule has 1 aliphatic heterocycles. The fourth-order valence-electron chi connectivity index (χ4n) is 2.28. The molecule has 0 aliphatic carbocycles. The van der Waals surface area contributed by atoms with Gasteiger partial charge in [-0.05, 0) is 30.5 Å². The van der Waals surface area contributed by atoms with Gasteiger partial charge >= 0.3 is 6.03 Å². The Balaban J connectivity index is 2.20. The third kappa shape index (κ3) is 2.63. The van der Waals surface area contributed by atoms with Crippen LogP contribution in [0, 0.1) is 0 Å². The van der Waals surface area contributed by atoms with Crippen LogP contribution in [0.4, 0.5) is 4.79 Å². The number of amides is 2. The molecule has 2 amide bonds. The minimum atomic E-state index is 0.107. The Morgan fingerprint density at radius 3 is 2.59 bits per heavy atom. The molecule has 1 unspecified atom stereocenters. The lowest BCUT2D eigenvalue weighted by molar-refractivity contribution is 0.166. The largest absolute Gasteiger partial charge is 0.331 e. The van der Waals surface area contributed by atoms with E-state index in [1.165, 1.54) is 5.56 Å². The summed E-state index contributed by atoms with van der Waals surface area (Å²) in [5.41, 5.74) is 1.22. The number of halogens is 1. The van der Waals surface area contributed by atoms with Crippen LogP contribution in [0.3, 0.4) is 0 Å². The number of hydrogen-bond acceptors (Lipinski definition) is 1. The number of urea groups is 1. The highest BCUT2D eigenvalue weighted by Gasteiger charge is 2.30. The Bertz CT molecular complexity index is 402. The molecule has 1 atom stereocenters. The molecule has 1 aromatic carbocycles. The molecule has 3 nitrogen and oxygen atoms in total. The maximum Gasteiger partial charge on any atom is 0.319 e. The van der Waals surface area contributed by atoms with Gasteiger partial charge in [0.05, 0.1) is 6.04 Å². The van der Waals surface area contributed by atoms with Crippen LogP contribution in [0.15, 0.2) is 28.7 Å². The molecule has 17 heavy (non-hydrogen) atoms. The molecule has 1 saturated heterocycles. The molecule has 0 radical (unpaired) electrons. The Morgan fingerprint density at radius 2 is 2.00 bits per heavy atom. The first-order valence-corrected chi connectivity index (χ1v) is 6.62. The SMILES string of the molecule is CN(C)C(=O)N1CCCC1c1ccc(Br)cc1. The molecule has 1 fully saturated rings. The Labute approximate surface area is 111 Å². The van der Waals surface area contributed by atoms with Crippen LogP contribution >= 0.6 is 15.9 Å². The molecule has 0 bridgehead atoms. The van der Waals surface area contributed by atoms with Gasteiger partial charge in [0.2, 0.25) is 0 Å². The lowest BCUT2D eigenvalue weighted by Crippen LogP contribution is -2.38. The predicted molar refractivity (Wildman–Crippen MR) is 71.9 cm³/mol. The van der Waals surface area contributed by atoms with E-state index in [-0.39, 0.29) is 12.1 Å². The molecule has 0 N–H and O–H groups in total. The first-order valence-electron chi connectivity index (χ1n) is 5.83. The van der Waals surface area contributed by atoms with Crippen LogP contribution < -0.4 is 0 Å². The maximum absolute atomic E-state index is 12.0. The van der Waals surface area contributed by atoms with E-state index in [1.807, 2.05) is 17.0 Å². The molecule has 1 aromatic rings. The van der Waals surface area contributed by atoms with Gasteiger partial charge in [-0.3, -0.25) is 0 Å². The summed E-state index contributed by atoms with van der Waals surface area (Å²) in [6.45, 7) is 0.859. The summed E-state index contributed by atoms with van der Waals surface area (Å²) in [6, 6.07) is 8.60.